The van der Waals surface area contributed by atoms with Crippen molar-refractivity contribution < 1.29 is 9.53 Å². The van der Waals surface area contributed by atoms with E-state index in [4.69, 9.17) is 27.9 Å². The van der Waals surface area contributed by atoms with E-state index >= 15 is 0 Å². The van der Waals surface area contributed by atoms with E-state index < -0.39 is 0 Å². The lowest BCUT2D eigenvalue weighted by atomic mass is 9.81. The third-order valence-corrected chi connectivity index (χ3v) is 4.32. The zero-order valence-electron chi connectivity index (χ0n) is 12.5. The monoisotopic (exact) mass is 366 g/mol. The molecule has 0 saturated carbocycles. The molecule has 1 saturated heterocycles. The number of ether oxygens (including phenoxy) is 1. The average Bonchev–Trinajstić information content (AvgIpc) is 2.47. The predicted molar refractivity (Wildman–Crippen MR) is 92.4 cm³/mol. The summed E-state index contributed by atoms with van der Waals surface area (Å²) in [6, 6.07) is 4.92. The van der Waals surface area contributed by atoms with Gasteiger partial charge in [0.1, 0.15) is 5.75 Å². The van der Waals surface area contributed by atoms with Crippen molar-refractivity contribution in [1.29, 1.82) is 0 Å². The molecule has 1 amide bonds. The zero-order valence-corrected chi connectivity index (χ0v) is 14.8. The Morgan fingerprint density at radius 3 is 2.73 bits per heavy atom. The zero-order chi connectivity index (χ0) is 15.3. The van der Waals surface area contributed by atoms with Gasteiger partial charge in [0, 0.05) is 17.6 Å². The Bertz CT molecular complexity index is 506. The maximum absolute atomic E-state index is 11.9. The Kier molecular flexibility index (Phi) is 7.77. The van der Waals surface area contributed by atoms with Crippen molar-refractivity contribution in [1.82, 2.24) is 10.6 Å². The van der Waals surface area contributed by atoms with Crippen LogP contribution < -0.4 is 15.4 Å². The van der Waals surface area contributed by atoms with Crippen LogP contribution >= 0.6 is 35.6 Å². The van der Waals surface area contributed by atoms with Gasteiger partial charge in [0.15, 0.2) is 6.61 Å². The highest BCUT2D eigenvalue weighted by molar-refractivity contribution is 6.34. The quantitative estimate of drug-likeness (QED) is 0.839. The number of rotatable bonds is 5. The molecule has 22 heavy (non-hydrogen) atoms. The molecule has 2 rings (SSSR count). The van der Waals surface area contributed by atoms with E-state index in [1.165, 1.54) is 0 Å². The topological polar surface area (TPSA) is 50.4 Å². The molecule has 1 fully saturated rings. The van der Waals surface area contributed by atoms with Crippen molar-refractivity contribution in [3.63, 3.8) is 0 Å². The van der Waals surface area contributed by atoms with Crippen LogP contribution in [0.25, 0.3) is 0 Å². The molecule has 1 aromatic rings. The van der Waals surface area contributed by atoms with Gasteiger partial charge in [-0.05, 0) is 43.5 Å². The molecular formula is C15H21Cl3N2O2. The number of piperidine rings is 1. The summed E-state index contributed by atoms with van der Waals surface area (Å²) >= 11 is 11.8. The molecule has 0 spiro atoms. The second-order valence-electron chi connectivity index (χ2n) is 5.70. The van der Waals surface area contributed by atoms with Crippen molar-refractivity contribution in [2.75, 3.05) is 26.2 Å². The van der Waals surface area contributed by atoms with Gasteiger partial charge in [-0.2, -0.15) is 0 Å². The summed E-state index contributed by atoms with van der Waals surface area (Å²) in [6.45, 7) is 4.80. The SMILES string of the molecule is CC1(CNC(=O)COc2cc(Cl)ccc2Cl)CCNCC1.Cl. The second kappa shape index (κ2) is 8.82. The number of carbonyl (C=O) groups is 1. The van der Waals surface area contributed by atoms with Crippen molar-refractivity contribution >= 4 is 41.5 Å². The van der Waals surface area contributed by atoms with E-state index in [1.54, 1.807) is 18.2 Å². The fourth-order valence-electron chi connectivity index (χ4n) is 2.30. The molecule has 0 unspecified atom stereocenters. The molecule has 0 bridgehead atoms. The average molecular weight is 368 g/mol. The summed E-state index contributed by atoms with van der Waals surface area (Å²) in [7, 11) is 0. The highest BCUT2D eigenvalue weighted by Crippen LogP contribution is 2.28. The lowest BCUT2D eigenvalue weighted by Crippen LogP contribution is -2.43. The largest absolute Gasteiger partial charge is 0.482 e. The molecule has 4 nitrogen and oxygen atoms in total. The van der Waals surface area contributed by atoms with Crippen molar-refractivity contribution in [3.05, 3.63) is 28.2 Å². The van der Waals surface area contributed by atoms with E-state index in [9.17, 15) is 4.79 Å². The third kappa shape index (κ3) is 5.84. The normalized spacial score (nSPS) is 16.5. The number of amides is 1. The van der Waals surface area contributed by atoms with Crippen LogP contribution in [-0.4, -0.2) is 32.1 Å². The van der Waals surface area contributed by atoms with Gasteiger partial charge in [0.05, 0.1) is 5.02 Å². The van der Waals surface area contributed by atoms with Crippen LogP contribution in [-0.2, 0) is 4.79 Å². The minimum absolute atomic E-state index is 0. The fraction of sp³-hybridized carbons (Fsp3) is 0.533. The number of nitrogens with one attached hydrogen (secondary N) is 2. The van der Waals surface area contributed by atoms with Gasteiger partial charge in [-0.1, -0.05) is 30.1 Å². The first-order chi connectivity index (χ1) is 9.98. The summed E-state index contributed by atoms with van der Waals surface area (Å²) in [5.41, 5.74) is 0.161. The molecule has 1 heterocycles. The summed E-state index contributed by atoms with van der Waals surface area (Å²) in [4.78, 5) is 11.9. The summed E-state index contributed by atoms with van der Waals surface area (Å²) in [5.74, 6) is 0.276. The molecule has 7 heteroatoms. The van der Waals surface area contributed by atoms with Crippen LogP contribution in [0.1, 0.15) is 19.8 Å². The Hall–Kier alpha value is -0.680. The van der Waals surface area contributed by atoms with Crippen LogP contribution in [0.4, 0.5) is 0 Å². The van der Waals surface area contributed by atoms with Gasteiger partial charge < -0.3 is 15.4 Å². The van der Waals surface area contributed by atoms with Gasteiger partial charge >= 0.3 is 0 Å². The molecule has 0 atom stereocenters. The highest BCUT2D eigenvalue weighted by Gasteiger charge is 2.26. The summed E-state index contributed by atoms with van der Waals surface area (Å²) < 4.78 is 5.41. The van der Waals surface area contributed by atoms with Gasteiger partial charge in [-0.3, -0.25) is 4.79 Å². The fourth-order valence-corrected chi connectivity index (χ4v) is 2.64. The third-order valence-electron chi connectivity index (χ3n) is 3.78. The lowest BCUT2D eigenvalue weighted by Gasteiger charge is -2.34. The van der Waals surface area contributed by atoms with Crippen LogP contribution in [0.15, 0.2) is 18.2 Å². The van der Waals surface area contributed by atoms with Gasteiger partial charge in [0.2, 0.25) is 0 Å². The van der Waals surface area contributed by atoms with Crippen LogP contribution in [0.5, 0.6) is 5.75 Å². The molecular weight excluding hydrogens is 347 g/mol. The van der Waals surface area contributed by atoms with E-state index in [0.717, 1.165) is 25.9 Å². The van der Waals surface area contributed by atoms with Crippen LogP contribution in [0.2, 0.25) is 10.0 Å². The number of benzene rings is 1. The van der Waals surface area contributed by atoms with Crippen molar-refractivity contribution in [3.8, 4) is 5.75 Å². The van der Waals surface area contributed by atoms with Gasteiger partial charge in [-0.15, -0.1) is 12.4 Å². The van der Waals surface area contributed by atoms with Crippen LogP contribution in [0, 0.1) is 5.41 Å². The summed E-state index contributed by atoms with van der Waals surface area (Å²) in [5, 5.41) is 7.22. The molecule has 0 radical (unpaired) electrons. The maximum atomic E-state index is 11.9. The lowest BCUT2D eigenvalue weighted by molar-refractivity contribution is -0.123. The Balaban J connectivity index is 0.00000242. The minimum atomic E-state index is -0.147. The molecule has 1 aliphatic rings. The first-order valence-electron chi connectivity index (χ1n) is 7.04. The van der Waals surface area contributed by atoms with E-state index in [2.05, 4.69) is 17.6 Å². The minimum Gasteiger partial charge on any atom is -0.482 e. The first-order valence-corrected chi connectivity index (χ1v) is 7.79. The number of hydrogen-bond donors (Lipinski definition) is 2. The standard InChI is InChI=1S/C15H20Cl2N2O2.ClH/c1-15(4-6-18-7-5-15)10-19-14(20)9-21-13-8-11(16)2-3-12(13)17;/h2-3,8,18H,4-7,9-10H2,1H3,(H,19,20);1H. The number of carbonyl (C=O) groups excluding carboxylic acids is 1. The maximum Gasteiger partial charge on any atom is 0.257 e. The first kappa shape index (κ1) is 19.4. The number of halogens is 3. The van der Waals surface area contributed by atoms with E-state index in [-0.39, 0.29) is 30.3 Å². The smallest absolute Gasteiger partial charge is 0.257 e. The Labute approximate surface area is 147 Å². The predicted octanol–water partition coefficient (Wildman–Crippen LogP) is 3.30. The van der Waals surface area contributed by atoms with Gasteiger partial charge in [0.25, 0.3) is 5.91 Å². The molecule has 0 aliphatic carbocycles. The Morgan fingerprint density at radius 2 is 2.05 bits per heavy atom. The molecule has 0 aromatic heterocycles. The summed E-state index contributed by atoms with van der Waals surface area (Å²) in [6.07, 6.45) is 2.13. The molecule has 2 N–H and O–H groups in total. The van der Waals surface area contributed by atoms with Gasteiger partial charge in [-0.25, -0.2) is 0 Å². The van der Waals surface area contributed by atoms with E-state index in [0.29, 0.717) is 22.3 Å². The van der Waals surface area contributed by atoms with E-state index in [1.807, 2.05) is 0 Å². The number of hydrogen-bond acceptors (Lipinski definition) is 3. The van der Waals surface area contributed by atoms with Crippen molar-refractivity contribution in [2.45, 2.75) is 19.8 Å². The van der Waals surface area contributed by atoms with Crippen LogP contribution in [0.3, 0.4) is 0 Å². The Morgan fingerprint density at radius 1 is 1.36 bits per heavy atom. The highest BCUT2D eigenvalue weighted by atomic mass is 35.5. The second-order valence-corrected chi connectivity index (χ2v) is 6.54. The molecule has 1 aromatic carbocycles. The molecule has 1 aliphatic heterocycles. The molecule has 124 valence electrons. The van der Waals surface area contributed by atoms with Crippen molar-refractivity contribution in [2.24, 2.45) is 5.41 Å².